The molecule has 0 spiro atoms. The highest BCUT2D eigenvalue weighted by Crippen LogP contribution is 2.29. The van der Waals surface area contributed by atoms with E-state index in [1.807, 2.05) is 0 Å². The Morgan fingerprint density at radius 1 is 0.968 bits per heavy atom. The third kappa shape index (κ3) is 5.70. The molecule has 0 aromatic heterocycles. The molecule has 0 aliphatic carbocycles. The minimum Gasteiger partial charge on any atom is -0.495 e. The molecule has 6 nitrogen and oxygen atoms in total. The molecule has 0 fully saturated rings. The molecule has 3 aromatic carbocycles. The maximum Gasteiger partial charge on any atom is 0.255 e. The predicted molar refractivity (Wildman–Crippen MR) is 117 cm³/mol. The van der Waals surface area contributed by atoms with Crippen LogP contribution in [0.5, 0.6) is 11.5 Å². The van der Waals surface area contributed by atoms with Crippen LogP contribution in [0.25, 0.3) is 0 Å². The molecule has 0 aliphatic rings. The summed E-state index contributed by atoms with van der Waals surface area (Å²) >= 11 is 0. The van der Waals surface area contributed by atoms with Crippen molar-refractivity contribution >= 4 is 23.2 Å². The Morgan fingerprint density at radius 2 is 1.71 bits per heavy atom. The first-order valence-corrected chi connectivity index (χ1v) is 9.40. The van der Waals surface area contributed by atoms with E-state index < -0.39 is 11.7 Å². The van der Waals surface area contributed by atoms with Gasteiger partial charge in [0.25, 0.3) is 11.8 Å². The van der Waals surface area contributed by atoms with Crippen molar-refractivity contribution in [3.8, 4) is 11.5 Å². The van der Waals surface area contributed by atoms with Gasteiger partial charge in [0.15, 0.2) is 0 Å². The highest BCUT2D eigenvalue weighted by molar-refractivity contribution is 6.07. The van der Waals surface area contributed by atoms with Gasteiger partial charge in [-0.2, -0.15) is 0 Å². The van der Waals surface area contributed by atoms with E-state index in [1.54, 1.807) is 48.5 Å². The molecular formula is C24H21FN2O4. The normalized spacial score (nSPS) is 10.1. The summed E-state index contributed by atoms with van der Waals surface area (Å²) in [6.07, 6.45) is 1.63. The van der Waals surface area contributed by atoms with Crippen molar-refractivity contribution in [1.82, 2.24) is 0 Å². The van der Waals surface area contributed by atoms with Crippen molar-refractivity contribution in [2.45, 2.75) is 0 Å². The van der Waals surface area contributed by atoms with Crippen LogP contribution in [0.3, 0.4) is 0 Å². The van der Waals surface area contributed by atoms with E-state index in [-0.39, 0.29) is 11.5 Å². The minimum atomic E-state index is -0.512. The molecule has 0 saturated carbocycles. The van der Waals surface area contributed by atoms with Crippen LogP contribution in [0.15, 0.2) is 79.4 Å². The average Bonchev–Trinajstić information content (AvgIpc) is 2.78. The second kappa shape index (κ2) is 10.1. The first-order valence-electron chi connectivity index (χ1n) is 9.40. The van der Waals surface area contributed by atoms with Gasteiger partial charge in [-0.1, -0.05) is 18.7 Å². The molecule has 0 radical (unpaired) electrons. The molecule has 3 aromatic rings. The zero-order valence-electron chi connectivity index (χ0n) is 16.9. The van der Waals surface area contributed by atoms with E-state index in [9.17, 15) is 14.0 Å². The number of carbonyl (C=O) groups excluding carboxylic acids is 2. The maximum atomic E-state index is 13.4. The molecule has 158 valence electrons. The summed E-state index contributed by atoms with van der Waals surface area (Å²) in [7, 11) is 1.46. The topological polar surface area (TPSA) is 76.7 Å². The number of carbonyl (C=O) groups is 2. The lowest BCUT2D eigenvalue weighted by Crippen LogP contribution is -2.15. The SMILES string of the molecule is C=CCOc1ccc(C(=O)Nc2ccc(OC)c(NC(=O)c3cccc(F)c3)c2)cc1. The third-order valence-corrected chi connectivity index (χ3v) is 4.28. The largest absolute Gasteiger partial charge is 0.495 e. The number of halogens is 1. The van der Waals surface area contributed by atoms with Gasteiger partial charge >= 0.3 is 0 Å². The Bertz CT molecular complexity index is 1100. The molecular weight excluding hydrogens is 399 g/mol. The zero-order valence-corrected chi connectivity index (χ0v) is 16.9. The number of hydrogen-bond acceptors (Lipinski definition) is 4. The zero-order chi connectivity index (χ0) is 22.2. The first kappa shape index (κ1) is 21.6. The molecule has 7 heteroatoms. The monoisotopic (exact) mass is 420 g/mol. The molecule has 3 rings (SSSR count). The summed E-state index contributed by atoms with van der Waals surface area (Å²) in [5.74, 6) is -0.324. The molecule has 0 bridgehead atoms. The minimum absolute atomic E-state index is 0.162. The van der Waals surface area contributed by atoms with Gasteiger partial charge in [-0.15, -0.1) is 0 Å². The molecule has 0 saturated heterocycles. The molecule has 0 aliphatic heterocycles. The summed E-state index contributed by atoms with van der Waals surface area (Å²) in [5, 5.41) is 5.45. The Kier molecular flexibility index (Phi) is 7.01. The Balaban J connectivity index is 1.74. The van der Waals surface area contributed by atoms with Gasteiger partial charge in [-0.05, 0) is 60.7 Å². The van der Waals surface area contributed by atoms with Crippen molar-refractivity contribution in [2.24, 2.45) is 0 Å². The molecule has 0 heterocycles. The molecule has 2 amide bonds. The summed E-state index contributed by atoms with van der Waals surface area (Å²) in [4.78, 5) is 25.0. The third-order valence-electron chi connectivity index (χ3n) is 4.28. The van der Waals surface area contributed by atoms with Crippen LogP contribution >= 0.6 is 0 Å². The van der Waals surface area contributed by atoms with Gasteiger partial charge in [-0.3, -0.25) is 9.59 Å². The van der Waals surface area contributed by atoms with E-state index in [0.29, 0.717) is 35.0 Å². The van der Waals surface area contributed by atoms with E-state index >= 15 is 0 Å². The average molecular weight is 420 g/mol. The van der Waals surface area contributed by atoms with Gasteiger partial charge in [0.1, 0.15) is 23.9 Å². The van der Waals surface area contributed by atoms with Gasteiger partial charge in [0, 0.05) is 16.8 Å². The number of anilines is 2. The van der Waals surface area contributed by atoms with E-state index in [4.69, 9.17) is 9.47 Å². The van der Waals surface area contributed by atoms with Gasteiger partial charge < -0.3 is 20.1 Å². The Labute approximate surface area is 179 Å². The number of amides is 2. The lowest BCUT2D eigenvalue weighted by molar-refractivity contribution is 0.101. The second-order valence-corrected chi connectivity index (χ2v) is 6.46. The van der Waals surface area contributed by atoms with E-state index in [2.05, 4.69) is 17.2 Å². The van der Waals surface area contributed by atoms with Crippen LogP contribution in [0.4, 0.5) is 15.8 Å². The number of rotatable bonds is 8. The molecule has 31 heavy (non-hydrogen) atoms. The van der Waals surface area contributed by atoms with Crippen molar-refractivity contribution in [1.29, 1.82) is 0 Å². The van der Waals surface area contributed by atoms with Gasteiger partial charge in [0.05, 0.1) is 12.8 Å². The van der Waals surface area contributed by atoms with Crippen LogP contribution in [-0.2, 0) is 0 Å². The fourth-order valence-corrected chi connectivity index (χ4v) is 2.77. The number of methoxy groups -OCH3 is 1. The van der Waals surface area contributed by atoms with Crippen LogP contribution in [0.1, 0.15) is 20.7 Å². The lowest BCUT2D eigenvalue weighted by atomic mass is 10.1. The van der Waals surface area contributed by atoms with Gasteiger partial charge in [0.2, 0.25) is 0 Å². The number of ether oxygens (including phenoxy) is 2. The van der Waals surface area contributed by atoms with Crippen molar-refractivity contribution in [2.75, 3.05) is 24.4 Å². The highest BCUT2D eigenvalue weighted by Gasteiger charge is 2.13. The van der Waals surface area contributed by atoms with Crippen molar-refractivity contribution in [3.05, 3.63) is 96.3 Å². The summed E-state index contributed by atoms with van der Waals surface area (Å²) in [6.45, 7) is 3.96. The van der Waals surface area contributed by atoms with Crippen LogP contribution in [-0.4, -0.2) is 25.5 Å². The summed E-state index contributed by atoms with van der Waals surface area (Å²) in [5.41, 5.74) is 1.39. The number of nitrogens with one attached hydrogen (secondary N) is 2. The van der Waals surface area contributed by atoms with E-state index in [0.717, 1.165) is 6.07 Å². The fourth-order valence-electron chi connectivity index (χ4n) is 2.77. The molecule has 2 N–H and O–H groups in total. The summed E-state index contributed by atoms with van der Waals surface area (Å²) in [6, 6.07) is 16.8. The molecule has 0 atom stereocenters. The Hall–Kier alpha value is -4.13. The standard InChI is InChI=1S/C24H21FN2O4/c1-3-13-31-20-10-7-16(8-11-20)23(28)26-19-9-12-22(30-2)21(15-19)27-24(29)17-5-4-6-18(25)14-17/h3-12,14-15H,1,13H2,2H3,(H,26,28)(H,27,29). The van der Waals surface area contributed by atoms with Gasteiger partial charge in [-0.25, -0.2) is 4.39 Å². The van der Waals surface area contributed by atoms with Crippen molar-refractivity contribution < 1.29 is 23.5 Å². The second-order valence-electron chi connectivity index (χ2n) is 6.46. The quantitative estimate of drug-likeness (QED) is 0.508. The highest BCUT2D eigenvalue weighted by atomic mass is 19.1. The number of benzene rings is 3. The van der Waals surface area contributed by atoms with Crippen LogP contribution in [0, 0.1) is 5.82 Å². The van der Waals surface area contributed by atoms with Crippen LogP contribution in [0.2, 0.25) is 0 Å². The lowest BCUT2D eigenvalue weighted by Gasteiger charge is -2.13. The number of hydrogen-bond donors (Lipinski definition) is 2. The predicted octanol–water partition coefficient (Wildman–Crippen LogP) is 4.90. The fraction of sp³-hybridized carbons (Fsp3) is 0.0833. The first-order chi connectivity index (χ1) is 15.0. The van der Waals surface area contributed by atoms with E-state index in [1.165, 1.54) is 25.3 Å². The molecule has 0 unspecified atom stereocenters. The summed E-state index contributed by atoms with van der Waals surface area (Å²) < 4.78 is 24.1. The Morgan fingerprint density at radius 3 is 2.39 bits per heavy atom. The van der Waals surface area contributed by atoms with Crippen LogP contribution < -0.4 is 20.1 Å². The smallest absolute Gasteiger partial charge is 0.255 e. The van der Waals surface area contributed by atoms with Crippen molar-refractivity contribution in [3.63, 3.8) is 0 Å². The maximum absolute atomic E-state index is 13.4.